The van der Waals surface area contributed by atoms with Crippen LogP contribution in [0.3, 0.4) is 0 Å². The van der Waals surface area contributed by atoms with Gasteiger partial charge in [0.1, 0.15) is 13.2 Å². The summed E-state index contributed by atoms with van der Waals surface area (Å²) < 4.78 is 11.5. The van der Waals surface area contributed by atoms with E-state index in [4.69, 9.17) is 14.5 Å². The Kier molecular flexibility index (Phi) is 7.52. The molecule has 0 saturated carbocycles. The van der Waals surface area contributed by atoms with E-state index in [0.717, 1.165) is 42.8 Å². The highest BCUT2D eigenvalue weighted by molar-refractivity contribution is 6.22. The number of nitriles is 1. The van der Waals surface area contributed by atoms with Crippen molar-refractivity contribution in [3.63, 3.8) is 0 Å². The number of aromatic nitrogens is 1. The van der Waals surface area contributed by atoms with Gasteiger partial charge in [-0.3, -0.25) is 9.69 Å². The molecule has 1 aromatic heterocycles. The molecule has 42 heavy (non-hydrogen) atoms. The maximum absolute atomic E-state index is 13.0. The number of carbonyl (C=O) groups is 1. The second-order valence-electron chi connectivity index (χ2n) is 10.6. The Morgan fingerprint density at radius 3 is 2.50 bits per heavy atom. The SMILES string of the molecule is CN1CCN(CC(=O)N(C)c2ccc(N=C(c3ccc4c(c3)OCCO4)c3c(O)[nH]c4cc(C#N)ccc34)cc2)CC1. The first-order valence-corrected chi connectivity index (χ1v) is 13.9. The summed E-state index contributed by atoms with van der Waals surface area (Å²) in [7, 11) is 3.88. The normalized spacial score (nSPS) is 15.9. The predicted molar refractivity (Wildman–Crippen MR) is 161 cm³/mol. The van der Waals surface area contributed by atoms with Gasteiger partial charge >= 0.3 is 0 Å². The smallest absolute Gasteiger partial charge is 0.240 e. The molecule has 3 heterocycles. The molecule has 1 amide bonds. The molecule has 1 fully saturated rings. The van der Waals surface area contributed by atoms with Crippen LogP contribution in [-0.4, -0.2) is 91.5 Å². The van der Waals surface area contributed by atoms with Crippen LogP contribution >= 0.6 is 0 Å². The number of nitrogens with zero attached hydrogens (tertiary/aromatic N) is 5. The highest BCUT2D eigenvalue weighted by atomic mass is 16.6. The number of aromatic amines is 1. The molecule has 6 rings (SSSR count). The van der Waals surface area contributed by atoms with Crippen molar-refractivity contribution in [2.24, 2.45) is 4.99 Å². The van der Waals surface area contributed by atoms with Crippen molar-refractivity contribution in [1.82, 2.24) is 14.8 Å². The van der Waals surface area contributed by atoms with Crippen LogP contribution in [0.15, 0.2) is 65.7 Å². The van der Waals surface area contributed by atoms with Gasteiger partial charge < -0.3 is 29.4 Å². The van der Waals surface area contributed by atoms with Crippen LogP contribution in [0.1, 0.15) is 16.7 Å². The molecule has 10 heteroatoms. The van der Waals surface area contributed by atoms with E-state index in [9.17, 15) is 15.2 Å². The highest BCUT2D eigenvalue weighted by Crippen LogP contribution is 2.36. The van der Waals surface area contributed by atoms with E-state index in [1.165, 1.54) is 0 Å². The first kappa shape index (κ1) is 27.3. The fourth-order valence-corrected chi connectivity index (χ4v) is 5.28. The molecule has 0 aliphatic carbocycles. The van der Waals surface area contributed by atoms with Crippen molar-refractivity contribution in [3.05, 3.63) is 77.4 Å². The summed E-state index contributed by atoms with van der Waals surface area (Å²) in [5.41, 5.74) is 4.28. The van der Waals surface area contributed by atoms with E-state index in [-0.39, 0.29) is 11.8 Å². The molecule has 0 radical (unpaired) electrons. The lowest BCUT2D eigenvalue weighted by molar-refractivity contribution is -0.119. The van der Waals surface area contributed by atoms with E-state index in [2.05, 4.69) is 27.9 Å². The molecule has 2 aliphatic heterocycles. The topological polar surface area (TPSA) is 117 Å². The number of piperazine rings is 1. The van der Waals surface area contributed by atoms with Gasteiger partial charge in [-0.1, -0.05) is 6.07 Å². The van der Waals surface area contributed by atoms with E-state index < -0.39 is 0 Å². The number of hydrogen-bond donors (Lipinski definition) is 2. The summed E-state index contributed by atoms with van der Waals surface area (Å²) >= 11 is 0. The van der Waals surface area contributed by atoms with Crippen molar-refractivity contribution in [3.8, 4) is 23.4 Å². The van der Waals surface area contributed by atoms with Crippen molar-refractivity contribution in [1.29, 1.82) is 5.26 Å². The minimum Gasteiger partial charge on any atom is -0.494 e. The zero-order valence-electron chi connectivity index (χ0n) is 23.6. The summed E-state index contributed by atoms with van der Waals surface area (Å²) in [6, 6.07) is 20.4. The molecule has 0 atom stereocenters. The molecule has 4 aromatic rings. The fraction of sp³-hybridized carbons (Fsp3) is 0.281. The maximum atomic E-state index is 13.0. The summed E-state index contributed by atoms with van der Waals surface area (Å²) in [6.07, 6.45) is 0. The van der Waals surface area contributed by atoms with Gasteiger partial charge in [-0.15, -0.1) is 0 Å². The molecule has 214 valence electrons. The largest absolute Gasteiger partial charge is 0.494 e. The Labute approximate surface area is 244 Å². The van der Waals surface area contributed by atoms with Gasteiger partial charge in [-0.2, -0.15) is 5.26 Å². The van der Waals surface area contributed by atoms with Crippen LogP contribution in [0.2, 0.25) is 0 Å². The Balaban J connectivity index is 1.34. The standard InChI is InChI=1S/C32H32N6O4/c1-36-11-13-38(14-12-36)20-29(39)37(2)24-7-5-23(6-8-24)34-31(22-4-10-27-28(18-22)42-16-15-41-27)30-25-9-3-21(19-33)17-26(25)35-32(30)40/h3-10,17-18,35,40H,11-16,20H2,1-2H3. The molecular formula is C32H32N6O4. The minimum absolute atomic E-state index is 0.0354. The van der Waals surface area contributed by atoms with Gasteiger partial charge in [0.2, 0.25) is 5.91 Å². The number of anilines is 1. The summed E-state index contributed by atoms with van der Waals surface area (Å²) in [5, 5.41) is 21.1. The lowest BCUT2D eigenvalue weighted by Gasteiger charge is -2.32. The van der Waals surface area contributed by atoms with Crippen molar-refractivity contribution in [2.75, 3.05) is 64.9 Å². The number of nitrogens with one attached hydrogen (secondary N) is 1. The van der Waals surface area contributed by atoms with E-state index in [0.29, 0.717) is 59.3 Å². The number of fused-ring (bicyclic) bond motifs is 2. The lowest BCUT2D eigenvalue weighted by atomic mass is 9.99. The van der Waals surface area contributed by atoms with Gasteiger partial charge in [-0.25, -0.2) is 4.99 Å². The van der Waals surface area contributed by atoms with Crippen LogP contribution in [0, 0.1) is 11.3 Å². The Bertz CT molecular complexity index is 1700. The molecular weight excluding hydrogens is 532 g/mol. The number of H-pyrrole nitrogens is 1. The van der Waals surface area contributed by atoms with Crippen molar-refractivity contribution < 1.29 is 19.4 Å². The minimum atomic E-state index is -0.0559. The fourth-order valence-electron chi connectivity index (χ4n) is 5.28. The monoisotopic (exact) mass is 564 g/mol. The third-order valence-corrected chi connectivity index (χ3v) is 7.77. The third kappa shape index (κ3) is 5.52. The number of ether oxygens (including phenoxy) is 2. The second kappa shape index (κ2) is 11.6. The quantitative estimate of drug-likeness (QED) is 0.341. The number of aromatic hydroxyl groups is 1. The third-order valence-electron chi connectivity index (χ3n) is 7.77. The number of aliphatic imine (C=N–C) groups is 1. The van der Waals surface area contributed by atoms with E-state index in [1.54, 1.807) is 30.1 Å². The summed E-state index contributed by atoms with van der Waals surface area (Å²) in [5.74, 6) is 1.24. The Morgan fingerprint density at radius 1 is 1.02 bits per heavy atom. The van der Waals surface area contributed by atoms with Crippen LogP contribution in [0.5, 0.6) is 17.4 Å². The van der Waals surface area contributed by atoms with Crippen molar-refractivity contribution >= 4 is 33.9 Å². The highest BCUT2D eigenvalue weighted by Gasteiger charge is 2.22. The van der Waals surface area contributed by atoms with E-state index >= 15 is 0 Å². The second-order valence-corrected chi connectivity index (χ2v) is 10.6. The molecule has 10 nitrogen and oxygen atoms in total. The number of carbonyl (C=O) groups excluding carboxylic acids is 1. The summed E-state index contributed by atoms with van der Waals surface area (Å²) in [6.45, 7) is 4.99. The van der Waals surface area contributed by atoms with Crippen LogP contribution in [-0.2, 0) is 4.79 Å². The molecule has 1 saturated heterocycles. The van der Waals surface area contributed by atoms with Gasteiger partial charge in [0, 0.05) is 49.9 Å². The van der Waals surface area contributed by atoms with Gasteiger partial charge in [-0.05, 0) is 61.6 Å². The number of benzene rings is 3. The summed E-state index contributed by atoms with van der Waals surface area (Å²) in [4.78, 5) is 27.1. The number of likely N-dealkylation sites (N-methyl/N-ethyl adjacent to an activating group) is 2. The number of rotatable bonds is 6. The number of hydrogen-bond acceptors (Lipinski definition) is 8. The Morgan fingerprint density at radius 2 is 1.76 bits per heavy atom. The Hall–Kier alpha value is -4.85. The molecule has 2 N–H and O–H groups in total. The molecule has 0 unspecified atom stereocenters. The zero-order chi connectivity index (χ0) is 29.2. The molecule has 3 aromatic carbocycles. The molecule has 0 bridgehead atoms. The average molecular weight is 565 g/mol. The lowest BCUT2D eigenvalue weighted by Crippen LogP contribution is -2.48. The molecule has 2 aliphatic rings. The number of amides is 1. The predicted octanol–water partition coefficient (Wildman–Crippen LogP) is 3.90. The zero-order valence-corrected chi connectivity index (χ0v) is 23.6. The maximum Gasteiger partial charge on any atom is 0.240 e. The molecule has 0 spiro atoms. The van der Waals surface area contributed by atoms with E-state index in [1.807, 2.05) is 42.5 Å². The van der Waals surface area contributed by atoms with Crippen LogP contribution in [0.25, 0.3) is 10.9 Å². The first-order valence-electron chi connectivity index (χ1n) is 13.9. The van der Waals surface area contributed by atoms with Crippen LogP contribution < -0.4 is 14.4 Å². The average Bonchev–Trinajstić information content (AvgIpc) is 3.35. The van der Waals surface area contributed by atoms with Gasteiger partial charge in [0.15, 0.2) is 17.4 Å². The first-order chi connectivity index (χ1) is 20.4. The van der Waals surface area contributed by atoms with Gasteiger partial charge in [0.05, 0.1) is 40.7 Å². The van der Waals surface area contributed by atoms with Crippen LogP contribution in [0.4, 0.5) is 11.4 Å². The van der Waals surface area contributed by atoms with Crippen molar-refractivity contribution in [2.45, 2.75) is 0 Å². The van der Waals surface area contributed by atoms with Gasteiger partial charge in [0.25, 0.3) is 0 Å².